The summed E-state index contributed by atoms with van der Waals surface area (Å²) in [6, 6.07) is 13.0. The fourth-order valence-electron chi connectivity index (χ4n) is 2.66. The molecule has 0 spiro atoms. The summed E-state index contributed by atoms with van der Waals surface area (Å²) in [7, 11) is -7.53. The third kappa shape index (κ3) is 4.99. The van der Waals surface area contributed by atoms with Gasteiger partial charge in [-0.2, -0.15) is 0 Å². The molecule has 0 fully saturated rings. The minimum Gasteiger partial charge on any atom is -0.255 e. The van der Waals surface area contributed by atoms with Crippen LogP contribution in [0.5, 0.6) is 0 Å². The number of hydrogen-bond acceptors (Lipinski definition) is 8. The third-order valence-electron chi connectivity index (χ3n) is 4.38. The van der Waals surface area contributed by atoms with Crippen molar-refractivity contribution in [2.45, 2.75) is 23.6 Å². The molecule has 32 heavy (non-hydrogen) atoms. The van der Waals surface area contributed by atoms with Gasteiger partial charge < -0.3 is 0 Å². The number of hydrogen-bond donors (Lipinski definition) is 2. The molecule has 0 saturated carbocycles. The van der Waals surface area contributed by atoms with E-state index in [-0.39, 0.29) is 20.1 Å². The molecule has 2 aromatic carbocycles. The molecule has 2 aromatic heterocycles. The SMILES string of the molecule is Cc1ccc(S(=O)(=O)Nc2nc(-c3csc(NS(=O)(=O)c4ccc(C)cc4)n3)cs2)cc1. The number of aromatic nitrogens is 2. The van der Waals surface area contributed by atoms with Crippen molar-refractivity contribution in [2.24, 2.45) is 0 Å². The number of nitrogens with one attached hydrogen (secondary N) is 2. The van der Waals surface area contributed by atoms with Gasteiger partial charge in [0.05, 0.1) is 9.79 Å². The molecule has 0 atom stereocenters. The molecule has 2 heterocycles. The second kappa shape index (κ2) is 8.62. The molecule has 0 bridgehead atoms. The first-order chi connectivity index (χ1) is 15.1. The van der Waals surface area contributed by atoms with E-state index in [1.165, 1.54) is 24.3 Å². The third-order valence-corrected chi connectivity index (χ3v) is 8.86. The summed E-state index contributed by atoms with van der Waals surface area (Å²) < 4.78 is 55.1. The van der Waals surface area contributed by atoms with E-state index in [0.29, 0.717) is 11.4 Å². The van der Waals surface area contributed by atoms with E-state index >= 15 is 0 Å². The lowest BCUT2D eigenvalue weighted by Gasteiger charge is -2.05. The normalized spacial score (nSPS) is 11.9. The topological polar surface area (TPSA) is 118 Å². The highest BCUT2D eigenvalue weighted by Gasteiger charge is 2.19. The van der Waals surface area contributed by atoms with Gasteiger partial charge in [-0.1, -0.05) is 35.4 Å². The fourth-order valence-corrected chi connectivity index (χ4v) is 6.57. The molecule has 0 unspecified atom stereocenters. The van der Waals surface area contributed by atoms with Gasteiger partial charge in [0, 0.05) is 10.8 Å². The van der Waals surface area contributed by atoms with Gasteiger partial charge in [0.25, 0.3) is 20.0 Å². The van der Waals surface area contributed by atoms with Crippen molar-refractivity contribution in [2.75, 3.05) is 9.44 Å². The van der Waals surface area contributed by atoms with E-state index in [1.54, 1.807) is 35.0 Å². The summed E-state index contributed by atoms with van der Waals surface area (Å²) in [6.07, 6.45) is 0. The van der Waals surface area contributed by atoms with Gasteiger partial charge >= 0.3 is 0 Å². The zero-order chi connectivity index (χ0) is 22.9. The molecule has 0 aliphatic rings. The van der Waals surface area contributed by atoms with Gasteiger partial charge in [0.2, 0.25) is 0 Å². The second-order valence-corrected chi connectivity index (χ2v) is 12.0. The molecule has 0 saturated heterocycles. The van der Waals surface area contributed by atoms with E-state index in [9.17, 15) is 16.8 Å². The van der Waals surface area contributed by atoms with Crippen LogP contribution in [0.1, 0.15) is 11.1 Å². The zero-order valence-electron chi connectivity index (χ0n) is 16.9. The maximum absolute atomic E-state index is 12.5. The van der Waals surface area contributed by atoms with Crippen LogP contribution in [0.3, 0.4) is 0 Å². The van der Waals surface area contributed by atoms with Crippen LogP contribution < -0.4 is 9.44 Å². The quantitative estimate of drug-likeness (QED) is 0.381. The lowest BCUT2D eigenvalue weighted by molar-refractivity contribution is 0.599. The molecule has 4 rings (SSSR count). The number of rotatable bonds is 7. The van der Waals surface area contributed by atoms with Crippen molar-refractivity contribution in [3.63, 3.8) is 0 Å². The fraction of sp³-hybridized carbons (Fsp3) is 0.100. The lowest BCUT2D eigenvalue weighted by Crippen LogP contribution is -2.13. The summed E-state index contributed by atoms with van der Waals surface area (Å²) in [5.74, 6) is 0. The Morgan fingerprint density at radius 2 is 0.969 bits per heavy atom. The molecule has 2 N–H and O–H groups in total. The standard InChI is InChI=1S/C20H18N4O4S4/c1-13-3-7-15(8-4-13)31(25,26)23-19-21-17(11-29-19)18-12-30-20(22-18)24-32(27,28)16-9-5-14(2)6-10-16/h3-12H,1-2H3,(H,21,23)(H,22,24). The molecule has 4 aromatic rings. The summed E-state index contributed by atoms with van der Waals surface area (Å²) in [6.45, 7) is 3.75. The van der Waals surface area contributed by atoms with Gasteiger partial charge in [0.15, 0.2) is 10.3 Å². The Kier molecular flexibility index (Phi) is 6.03. The van der Waals surface area contributed by atoms with Crippen LogP contribution >= 0.6 is 22.7 Å². The first kappa shape index (κ1) is 22.4. The van der Waals surface area contributed by atoms with Crippen LogP contribution in [0.4, 0.5) is 10.3 Å². The van der Waals surface area contributed by atoms with Crippen LogP contribution in [-0.2, 0) is 20.0 Å². The van der Waals surface area contributed by atoms with Crippen molar-refractivity contribution in [3.8, 4) is 11.4 Å². The Morgan fingerprint density at radius 1 is 0.625 bits per heavy atom. The zero-order valence-corrected chi connectivity index (χ0v) is 20.2. The van der Waals surface area contributed by atoms with E-state index < -0.39 is 20.0 Å². The van der Waals surface area contributed by atoms with Crippen LogP contribution in [0.25, 0.3) is 11.4 Å². The van der Waals surface area contributed by atoms with E-state index in [4.69, 9.17) is 0 Å². The van der Waals surface area contributed by atoms with Crippen molar-refractivity contribution in [3.05, 3.63) is 70.4 Å². The average molecular weight is 507 g/mol. The largest absolute Gasteiger partial charge is 0.263 e. The van der Waals surface area contributed by atoms with Gasteiger partial charge in [-0.3, -0.25) is 9.44 Å². The highest BCUT2D eigenvalue weighted by molar-refractivity contribution is 7.93. The summed E-state index contributed by atoms with van der Waals surface area (Å²) in [4.78, 5) is 8.84. The maximum Gasteiger partial charge on any atom is 0.263 e. The maximum atomic E-state index is 12.5. The molecule has 0 radical (unpaired) electrons. The Balaban J connectivity index is 1.49. The van der Waals surface area contributed by atoms with E-state index in [1.807, 2.05) is 13.8 Å². The molecule has 8 nitrogen and oxygen atoms in total. The van der Waals surface area contributed by atoms with Gasteiger partial charge in [-0.25, -0.2) is 26.8 Å². The number of nitrogens with zero attached hydrogens (tertiary/aromatic N) is 2. The van der Waals surface area contributed by atoms with Crippen molar-refractivity contribution >= 4 is 53.0 Å². The number of thiazole rings is 2. The highest BCUT2D eigenvalue weighted by atomic mass is 32.2. The molecule has 166 valence electrons. The monoisotopic (exact) mass is 506 g/mol. The predicted molar refractivity (Wildman–Crippen MR) is 127 cm³/mol. The van der Waals surface area contributed by atoms with Gasteiger partial charge in [-0.05, 0) is 38.1 Å². The molecular formula is C20H18N4O4S4. The Hall–Kier alpha value is -2.80. The first-order valence-electron chi connectivity index (χ1n) is 9.23. The summed E-state index contributed by atoms with van der Waals surface area (Å²) in [5.41, 5.74) is 2.79. The number of aryl methyl sites for hydroxylation is 2. The minimum absolute atomic E-state index is 0.140. The summed E-state index contributed by atoms with van der Waals surface area (Å²) in [5, 5.41) is 3.69. The van der Waals surface area contributed by atoms with E-state index in [2.05, 4.69) is 19.4 Å². The predicted octanol–water partition coefficient (Wildman–Crippen LogP) is 4.49. The second-order valence-electron chi connectivity index (χ2n) is 6.91. The first-order valence-corrected chi connectivity index (χ1v) is 14.0. The summed E-state index contributed by atoms with van der Waals surface area (Å²) >= 11 is 2.23. The van der Waals surface area contributed by atoms with Gasteiger partial charge in [-0.15, -0.1) is 22.7 Å². The van der Waals surface area contributed by atoms with Crippen LogP contribution in [-0.4, -0.2) is 26.8 Å². The molecule has 12 heteroatoms. The van der Waals surface area contributed by atoms with Crippen LogP contribution in [0.15, 0.2) is 69.1 Å². The Labute approximate surface area is 194 Å². The number of benzene rings is 2. The smallest absolute Gasteiger partial charge is 0.255 e. The van der Waals surface area contributed by atoms with Crippen molar-refractivity contribution < 1.29 is 16.8 Å². The Morgan fingerprint density at radius 3 is 1.31 bits per heavy atom. The molecule has 0 amide bonds. The molecule has 0 aliphatic carbocycles. The molecule has 0 aliphatic heterocycles. The van der Waals surface area contributed by atoms with Crippen molar-refractivity contribution in [1.82, 2.24) is 9.97 Å². The minimum atomic E-state index is -3.76. The van der Waals surface area contributed by atoms with E-state index in [0.717, 1.165) is 33.8 Å². The average Bonchev–Trinajstić information content (AvgIpc) is 3.37. The number of anilines is 2. The number of sulfonamides is 2. The van der Waals surface area contributed by atoms with Crippen molar-refractivity contribution in [1.29, 1.82) is 0 Å². The lowest BCUT2D eigenvalue weighted by atomic mass is 10.2. The molecular weight excluding hydrogens is 489 g/mol. The van der Waals surface area contributed by atoms with Gasteiger partial charge in [0.1, 0.15) is 11.4 Å². The Bertz CT molecular complexity index is 1340. The van der Waals surface area contributed by atoms with Crippen LogP contribution in [0.2, 0.25) is 0 Å². The highest BCUT2D eigenvalue weighted by Crippen LogP contribution is 2.30. The van der Waals surface area contributed by atoms with Crippen LogP contribution in [0, 0.1) is 13.8 Å².